The Morgan fingerprint density at radius 3 is 2.86 bits per heavy atom. The van der Waals surface area contributed by atoms with E-state index in [0.717, 1.165) is 11.1 Å². The monoisotopic (exact) mass is 284 g/mol. The highest BCUT2D eigenvalue weighted by Crippen LogP contribution is 2.17. The molecule has 0 aliphatic carbocycles. The largest absolute Gasteiger partial charge is 0.395 e. The Kier molecular flexibility index (Phi) is 4.75. The molecular weight excluding hydrogens is 268 g/mol. The number of hydrogen-bond acceptors (Lipinski definition) is 4. The van der Waals surface area contributed by atoms with Gasteiger partial charge in [0.25, 0.3) is 5.91 Å². The molecule has 0 bridgehead atoms. The summed E-state index contributed by atoms with van der Waals surface area (Å²) in [5, 5.41) is 15.2. The van der Waals surface area contributed by atoms with Gasteiger partial charge in [0.05, 0.1) is 12.3 Å². The Morgan fingerprint density at radius 2 is 2.19 bits per heavy atom. The summed E-state index contributed by atoms with van der Waals surface area (Å²) >= 11 is 0. The smallest absolute Gasteiger partial charge is 0.294 e. The van der Waals surface area contributed by atoms with Gasteiger partial charge in [0.15, 0.2) is 0 Å². The van der Waals surface area contributed by atoms with Gasteiger partial charge in [-0.2, -0.15) is 0 Å². The van der Waals surface area contributed by atoms with E-state index < -0.39 is 0 Å². The van der Waals surface area contributed by atoms with Gasteiger partial charge in [-0.1, -0.05) is 23.1 Å². The van der Waals surface area contributed by atoms with E-state index >= 15 is 0 Å². The van der Waals surface area contributed by atoms with E-state index in [0.29, 0.717) is 17.8 Å². The second-order valence-corrected chi connectivity index (χ2v) is 4.59. The number of carbonyl (C=O) groups is 1. The van der Waals surface area contributed by atoms with Gasteiger partial charge in [-0.15, -0.1) is 0 Å². The van der Waals surface area contributed by atoms with Crippen LogP contribution in [-0.2, 0) is 0 Å². The maximum Gasteiger partial charge on any atom is 0.294 e. The lowest BCUT2D eigenvalue weighted by Gasteiger charge is -2.07. The number of hydrogen-bond donors (Lipinski definition) is 2. The molecule has 2 aromatic rings. The van der Waals surface area contributed by atoms with Gasteiger partial charge < -0.3 is 14.9 Å². The number of nitrogens with one attached hydrogen (secondary N) is 1. The van der Waals surface area contributed by atoms with Crippen LogP contribution in [0.1, 0.15) is 33.8 Å². The molecule has 21 heavy (non-hydrogen) atoms. The molecule has 108 valence electrons. The number of carbonyl (C=O) groups excluding carboxylic acids is 1. The lowest BCUT2D eigenvalue weighted by atomic mass is 10.1. The molecule has 5 heteroatoms. The fourth-order valence-corrected chi connectivity index (χ4v) is 1.71. The van der Waals surface area contributed by atoms with Gasteiger partial charge in [-0.05, 0) is 31.5 Å². The first-order valence-corrected chi connectivity index (χ1v) is 6.55. The highest BCUT2D eigenvalue weighted by Gasteiger charge is 2.12. The van der Waals surface area contributed by atoms with Crippen LogP contribution in [0.15, 0.2) is 28.8 Å². The Balaban J connectivity index is 2.17. The summed E-state index contributed by atoms with van der Waals surface area (Å²) < 4.78 is 4.93. The summed E-state index contributed by atoms with van der Waals surface area (Å²) in [6.07, 6.45) is 0.424. The maximum absolute atomic E-state index is 12.0. The van der Waals surface area contributed by atoms with Gasteiger partial charge in [0, 0.05) is 23.7 Å². The van der Waals surface area contributed by atoms with E-state index in [1.807, 2.05) is 19.1 Å². The Hall–Kier alpha value is -2.58. The molecule has 0 spiro atoms. The lowest BCUT2D eigenvalue weighted by molar-refractivity contribution is 0.0988. The van der Waals surface area contributed by atoms with E-state index in [9.17, 15) is 4.79 Å². The Bertz CT molecular complexity index is 708. The third kappa shape index (κ3) is 3.94. The normalized spacial score (nSPS) is 9.86. The second-order valence-electron chi connectivity index (χ2n) is 4.59. The van der Waals surface area contributed by atoms with Gasteiger partial charge >= 0.3 is 0 Å². The van der Waals surface area contributed by atoms with Gasteiger partial charge in [-0.25, -0.2) is 0 Å². The summed E-state index contributed by atoms with van der Waals surface area (Å²) in [5.74, 6) is 5.60. The maximum atomic E-state index is 12.0. The number of aliphatic hydroxyl groups excluding tert-OH is 1. The summed E-state index contributed by atoms with van der Waals surface area (Å²) in [5.41, 5.74) is 3.02. The Morgan fingerprint density at radius 1 is 1.38 bits per heavy atom. The van der Waals surface area contributed by atoms with Gasteiger partial charge in [0.1, 0.15) is 0 Å². The van der Waals surface area contributed by atoms with Crippen LogP contribution in [0.5, 0.6) is 0 Å². The zero-order valence-electron chi connectivity index (χ0n) is 11.9. The second kappa shape index (κ2) is 6.73. The number of aliphatic hydroxyl groups is 1. The molecule has 1 aromatic heterocycles. The molecule has 0 saturated carbocycles. The molecule has 0 radical (unpaired) electrons. The quantitative estimate of drug-likeness (QED) is 0.848. The van der Waals surface area contributed by atoms with Crippen molar-refractivity contribution in [3.63, 3.8) is 0 Å². The van der Waals surface area contributed by atoms with Gasteiger partial charge in [-0.3, -0.25) is 4.79 Å². The summed E-state index contributed by atoms with van der Waals surface area (Å²) in [7, 11) is 0. The minimum atomic E-state index is -0.348. The van der Waals surface area contributed by atoms with Crippen molar-refractivity contribution in [1.29, 1.82) is 0 Å². The third-order valence-electron chi connectivity index (χ3n) is 2.81. The number of rotatable bonds is 3. The molecule has 2 N–H and O–H groups in total. The average molecular weight is 284 g/mol. The van der Waals surface area contributed by atoms with E-state index in [1.165, 1.54) is 0 Å². The molecule has 0 fully saturated rings. The lowest BCUT2D eigenvalue weighted by Crippen LogP contribution is -2.12. The zero-order valence-corrected chi connectivity index (χ0v) is 11.9. The minimum absolute atomic E-state index is 0.0350. The minimum Gasteiger partial charge on any atom is -0.395 e. The molecular formula is C16H16N2O3. The topological polar surface area (TPSA) is 75.4 Å². The van der Waals surface area contributed by atoms with Crippen molar-refractivity contribution >= 4 is 11.6 Å². The molecule has 0 aliphatic heterocycles. The predicted octanol–water partition coefficient (Wildman–Crippen LogP) is 2.28. The fourth-order valence-electron chi connectivity index (χ4n) is 1.71. The van der Waals surface area contributed by atoms with E-state index in [4.69, 9.17) is 9.63 Å². The molecule has 0 aliphatic rings. The number of benzene rings is 1. The van der Waals surface area contributed by atoms with Crippen molar-refractivity contribution in [2.24, 2.45) is 0 Å². The summed E-state index contributed by atoms with van der Waals surface area (Å²) in [4.78, 5) is 12.0. The molecule has 2 rings (SSSR count). The molecule has 1 amide bonds. The number of anilines is 1. The highest BCUT2D eigenvalue weighted by molar-refractivity contribution is 6.02. The molecule has 0 unspecified atom stereocenters. The standard InChI is InChI=1S/C16H16N2O3/c1-11-6-7-13(5-3-4-8-19)10-14(11)17-16(20)15-9-12(2)18-21-15/h6-7,9-10,19H,4,8H2,1-2H3,(H,17,20). The zero-order chi connectivity index (χ0) is 15.2. The number of aryl methyl sites for hydroxylation is 2. The van der Waals surface area contributed by atoms with Crippen LogP contribution in [-0.4, -0.2) is 22.8 Å². The van der Waals surface area contributed by atoms with Crippen LogP contribution < -0.4 is 5.32 Å². The number of aromatic nitrogens is 1. The van der Waals surface area contributed by atoms with E-state index in [2.05, 4.69) is 22.3 Å². The molecule has 5 nitrogen and oxygen atoms in total. The van der Waals surface area contributed by atoms with E-state index in [-0.39, 0.29) is 18.3 Å². The first-order chi connectivity index (χ1) is 10.1. The van der Waals surface area contributed by atoms with Crippen molar-refractivity contribution in [3.05, 3.63) is 46.8 Å². The first kappa shape index (κ1) is 14.8. The number of amides is 1. The molecule has 0 atom stereocenters. The summed E-state index contributed by atoms with van der Waals surface area (Å²) in [6.45, 7) is 3.68. The van der Waals surface area contributed by atoms with E-state index in [1.54, 1.807) is 19.1 Å². The van der Waals surface area contributed by atoms with Crippen molar-refractivity contribution in [2.75, 3.05) is 11.9 Å². The van der Waals surface area contributed by atoms with Crippen molar-refractivity contribution < 1.29 is 14.4 Å². The average Bonchev–Trinajstić information content (AvgIpc) is 2.89. The van der Waals surface area contributed by atoms with Crippen LogP contribution >= 0.6 is 0 Å². The van der Waals surface area contributed by atoms with Crippen LogP contribution in [0.25, 0.3) is 0 Å². The van der Waals surface area contributed by atoms with Crippen LogP contribution in [0.3, 0.4) is 0 Å². The summed E-state index contributed by atoms with van der Waals surface area (Å²) in [6, 6.07) is 7.12. The molecule has 1 heterocycles. The highest BCUT2D eigenvalue weighted by atomic mass is 16.5. The van der Waals surface area contributed by atoms with Gasteiger partial charge in [0.2, 0.25) is 5.76 Å². The predicted molar refractivity (Wildman–Crippen MR) is 79.0 cm³/mol. The van der Waals surface area contributed by atoms with Crippen LogP contribution in [0.4, 0.5) is 5.69 Å². The van der Waals surface area contributed by atoms with Crippen molar-refractivity contribution in [3.8, 4) is 11.8 Å². The van der Waals surface area contributed by atoms with Crippen LogP contribution in [0.2, 0.25) is 0 Å². The third-order valence-corrected chi connectivity index (χ3v) is 2.81. The number of nitrogens with zero attached hydrogens (tertiary/aromatic N) is 1. The molecule has 1 aromatic carbocycles. The SMILES string of the molecule is Cc1cc(C(=O)Nc2cc(C#CCCO)ccc2C)on1. The molecule has 0 saturated heterocycles. The fraction of sp³-hybridized carbons (Fsp3) is 0.250. The Labute approximate surface area is 123 Å². The van der Waals surface area contributed by atoms with Crippen LogP contribution in [0, 0.1) is 25.7 Å². The van der Waals surface area contributed by atoms with Crippen molar-refractivity contribution in [1.82, 2.24) is 5.16 Å². The van der Waals surface area contributed by atoms with Crippen molar-refractivity contribution in [2.45, 2.75) is 20.3 Å². The first-order valence-electron chi connectivity index (χ1n) is 6.55.